The summed E-state index contributed by atoms with van der Waals surface area (Å²) in [6.07, 6.45) is 0. The monoisotopic (exact) mass is 331 g/mol. The van der Waals surface area contributed by atoms with E-state index in [1.165, 1.54) is 4.52 Å². The highest BCUT2D eigenvalue weighted by atomic mass is 79.9. The number of carbonyl (C=O) groups is 1. The molecule has 2 aromatic heterocycles. The molecule has 0 saturated heterocycles. The summed E-state index contributed by atoms with van der Waals surface area (Å²) in [5, 5.41) is 13.5. The van der Waals surface area contributed by atoms with Gasteiger partial charge in [-0.25, -0.2) is 14.3 Å². The average Bonchev–Trinajstić information content (AvgIpc) is 2.76. The van der Waals surface area contributed by atoms with E-state index in [1.54, 1.807) is 6.07 Å². The molecular formula is C14H10BrN3O2. The van der Waals surface area contributed by atoms with Crippen molar-refractivity contribution in [1.82, 2.24) is 14.6 Å². The molecule has 5 nitrogen and oxygen atoms in total. The van der Waals surface area contributed by atoms with Crippen LogP contribution in [0.2, 0.25) is 0 Å². The Hall–Kier alpha value is -2.21. The quantitative estimate of drug-likeness (QED) is 0.783. The maximum atomic E-state index is 11.1. The van der Waals surface area contributed by atoms with Gasteiger partial charge in [-0.3, -0.25) is 0 Å². The first kappa shape index (κ1) is 12.8. The predicted molar refractivity (Wildman–Crippen MR) is 77.8 cm³/mol. The summed E-state index contributed by atoms with van der Waals surface area (Å²) in [5.74, 6) is -1.08. The first-order valence-corrected chi connectivity index (χ1v) is 6.72. The number of carboxylic acid groups (broad SMARTS) is 1. The van der Waals surface area contributed by atoms with Crippen molar-refractivity contribution in [2.45, 2.75) is 6.92 Å². The zero-order valence-electron chi connectivity index (χ0n) is 10.5. The summed E-state index contributed by atoms with van der Waals surface area (Å²) in [5.41, 5.74) is 3.33. The fourth-order valence-corrected chi connectivity index (χ4v) is 2.57. The number of imidazole rings is 1. The lowest BCUT2D eigenvalue weighted by molar-refractivity contribution is 0.0690. The molecule has 1 N–H and O–H groups in total. The Kier molecular flexibility index (Phi) is 3.02. The van der Waals surface area contributed by atoms with Crippen LogP contribution in [0.15, 0.2) is 41.0 Å². The van der Waals surface area contributed by atoms with Crippen LogP contribution in [0.1, 0.15) is 16.1 Å². The second kappa shape index (κ2) is 4.72. The minimum atomic E-state index is -1.08. The molecule has 0 unspecified atom stereocenters. The largest absolute Gasteiger partial charge is 0.476 e. The molecule has 3 rings (SSSR count). The van der Waals surface area contributed by atoms with Crippen molar-refractivity contribution in [3.8, 4) is 11.3 Å². The highest BCUT2D eigenvalue weighted by molar-refractivity contribution is 9.10. The van der Waals surface area contributed by atoms with E-state index in [0.717, 1.165) is 16.8 Å². The van der Waals surface area contributed by atoms with Crippen LogP contribution in [0.4, 0.5) is 0 Å². The molecule has 0 aliphatic rings. The fraction of sp³-hybridized carbons (Fsp3) is 0.0714. The second-order valence-corrected chi connectivity index (χ2v) is 5.11. The van der Waals surface area contributed by atoms with Crippen molar-refractivity contribution in [1.29, 1.82) is 0 Å². The molecule has 20 heavy (non-hydrogen) atoms. The fourth-order valence-electron chi connectivity index (χ4n) is 2.05. The highest BCUT2D eigenvalue weighted by Gasteiger charge is 2.17. The van der Waals surface area contributed by atoms with E-state index in [0.29, 0.717) is 10.3 Å². The van der Waals surface area contributed by atoms with Crippen LogP contribution in [0, 0.1) is 6.92 Å². The number of nitrogens with zero attached hydrogens (tertiary/aromatic N) is 3. The number of aryl methyl sites for hydroxylation is 1. The average molecular weight is 332 g/mol. The minimum Gasteiger partial charge on any atom is -0.476 e. The number of rotatable bonds is 2. The third-order valence-electron chi connectivity index (χ3n) is 3.05. The lowest BCUT2D eigenvalue weighted by Gasteiger charge is -2.05. The van der Waals surface area contributed by atoms with Gasteiger partial charge in [0, 0.05) is 5.56 Å². The Morgan fingerprint density at radius 3 is 2.70 bits per heavy atom. The standard InChI is InChI=1S/C14H10BrN3O2/c1-8-4-2-3-5-9(8)10-6-7-11-16-12(14(19)20)13(15)18(11)17-10/h2-7H,1H3,(H,19,20). The molecule has 1 aromatic carbocycles. The van der Waals surface area contributed by atoms with Gasteiger partial charge in [0.05, 0.1) is 5.69 Å². The van der Waals surface area contributed by atoms with Crippen molar-refractivity contribution in [2.24, 2.45) is 0 Å². The van der Waals surface area contributed by atoms with Crippen LogP contribution < -0.4 is 0 Å². The van der Waals surface area contributed by atoms with E-state index in [-0.39, 0.29) is 5.69 Å². The lowest BCUT2D eigenvalue weighted by atomic mass is 10.1. The molecule has 0 spiro atoms. The van der Waals surface area contributed by atoms with Gasteiger partial charge in [0.1, 0.15) is 4.60 Å². The molecule has 3 aromatic rings. The Morgan fingerprint density at radius 2 is 2.00 bits per heavy atom. The Bertz CT molecular complexity index is 826. The summed E-state index contributed by atoms with van der Waals surface area (Å²) >= 11 is 3.23. The van der Waals surface area contributed by atoms with Gasteiger partial charge in [0.15, 0.2) is 11.3 Å². The molecule has 0 radical (unpaired) electrons. The van der Waals surface area contributed by atoms with Gasteiger partial charge < -0.3 is 5.11 Å². The van der Waals surface area contributed by atoms with Gasteiger partial charge in [-0.2, -0.15) is 5.10 Å². The Balaban J connectivity index is 2.23. The van der Waals surface area contributed by atoms with E-state index in [4.69, 9.17) is 5.11 Å². The van der Waals surface area contributed by atoms with E-state index in [1.807, 2.05) is 37.3 Å². The first-order valence-electron chi connectivity index (χ1n) is 5.92. The summed E-state index contributed by atoms with van der Waals surface area (Å²) in [7, 11) is 0. The number of benzene rings is 1. The molecule has 0 atom stereocenters. The molecule has 0 aliphatic carbocycles. The van der Waals surface area contributed by atoms with Gasteiger partial charge in [-0.1, -0.05) is 24.3 Å². The normalized spacial score (nSPS) is 10.9. The molecule has 6 heteroatoms. The molecule has 100 valence electrons. The Labute approximate surface area is 123 Å². The van der Waals surface area contributed by atoms with Crippen LogP contribution in [0.5, 0.6) is 0 Å². The number of carboxylic acids is 1. The van der Waals surface area contributed by atoms with Crippen molar-refractivity contribution in [2.75, 3.05) is 0 Å². The third kappa shape index (κ3) is 1.98. The molecule has 0 fully saturated rings. The SMILES string of the molecule is Cc1ccccc1-c1ccc2nc(C(=O)O)c(Br)n2n1. The zero-order valence-corrected chi connectivity index (χ0v) is 12.1. The molecule has 2 heterocycles. The van der Waals surface area contributed by atoms with Crippen LogP contribution in [0.3, 0.4) is 0 Å². The molecule has 0 bridgehead atoms. The number of aromatic carboxylic acids is 1. The predicted octanol–water partition coefficient (Wildman–Crippen LogP) is 3.17. The van der Waals surface area contributed by atoms with Gasteiger partial charge in [0.25, 0.3) is 0 Å². The molecule has 0 amide bonds. The van der Waals surface area contributed by atoms with Crippen molar-refractivity contribution < 1.29 is 9.90 Å². The number of halogens is 1. The topological polar surface area (TPSA) is 67.5 Å². The third-order valence-corrected chi connectivity index (χ3v) is 3.76. The zero-order chi connectivity index (χ0) is 14.3. The van der Waals surface area contributed by atoms with Crippen molar-refractivity contribution >= 4 is 27.5 Å². The number of hydrogen-bond acceptors (Lipinski definition) is 3. The van der Waals surface area contributed by atoms with Crippen LogP contribution >= 0.6 is 15.9 Å². The second-order valence-electron chi connectivity index (χ2n) is 4.36. The molecule has 0 saturated carbocycles. The van der Waals surface area contributed by atoms with Gasteiger partial charge in [-0.15, -0.1) is 0 Å². The maximum Gasteiger partial charge on any atom is 0.357 e. The molecular weight excluding hydrogens is 322 g/mol. The van der Waals surface area contributed by atoms with Crippen LogP contribution in [-0.4, -0.2) is 25.7 Å². The van der Waals surface area contributed by atoms with Crippen LogP contribution in [-0.2, 0) is 0 Å². The Morgan fingerprint density at radius 1 is 1.25 bits per heavy atom. The van der Waals surface area contributed by atoms with Gasteiger partial charge >= 0.3 is 5.97 Å². The first-order chi connectivity index (χ1) is 9.58. The highest BCUT2D eigenvalue weighted by Crippen LogP contribution is 2.24. The van der Waals surface area contributed by atoms with Gasteiger partial charge in [0.2, 0.25) is 0 Å². The van der Waals surface area contributed by atoms with E-state index in [2.05, 4.69) is 26.0 Å². The van der Waals surface area contributed by atoms with E-state index >= 15 is 0 Å². The number of fused-ring (bicyclic) bond motifs is 1. The van der Waals surface area contributed by atoms with E-state index in [9.17, 15) is 4.79 Å². The van der Waals surface area contributed by atoms with Crippen molar-refractivity contribution in [3.05, 3.63) is 52.3 Å². The summed E-state index contributed by atoms with van der Waals surface area (Å²) < 4.78 is 1.83. The summed E-state index contributed by atoms with van der Waals surface area (Å²) in [4.78, 5) is 15.1. The maximum absolute atomic E-state index is 11.1. The van der Waals surface area contributed by atoms with Gasteiger partial charge in [-0.05, 0) is 40.5 Å². The van der Waals surface area contributed by atoms with Crippen molar-refractivity contribution in [3.63, 3.8) is 0 Å². The number of aromatic nitrogens is 3. The smallest absolute Gasteiger partial charge is 0.357 e. The van der Waals surface area contributed by atoms with Crippen LogP contribution in [0.25, 0.3) is 16.9 Å². The lowest BCUT2D eigenvalue weighted by Crippen LogP contribution is -1.98. The van der Waals surface area contributed by atoms with E-state index < -0.39 is 5.97 Å². The summed E-state index contributed by atoms with van der Waals surface area (Å²) in [6.45, 7) is 2.01. The minimum absolute atomic E-state index is 0.0422. The number of hydrogen-bond donors (Lipinski definition) is 1. The summed E-state index contributed by atoms with van der Waals surface area (Å²) in [6, 6.07) is 11.5. The molecule has 0 aliphatic heterocycles.